The van der Waals surface area contributed by atoms with Gasteiger partial charge < -0.3 is 5.32 Å². The molecule has 19 heavy (non-hydrogen) atoms. The second-order valence-electron chi connectivity index (χ2n) is 7.09. The Morgan fingerprint density at radius 1 is 1.16 bits per heavy atom. The van der Waals surface area contributed by atoms with E-state index in [1.807, 2.05) is 0 Å². The third-order valence-corrected chi connectivity index (χ3v) is 4.32. The topological polar surface area (TPSA) is 15.3 Å². The molecule has 5 heteroatoms. The lowest BCUT2D eigenvalue weighted by molar-refractivity contribution is -0.141. The quantitative estimate of drug-likeness (QED) is 0.853. The molecule has 2 nitrogen and oxygen atoms in total. The number of alkyl halides is 3. The van der Waals surface area contributed by atoms with Crippen molar-refractivity contribution in [3.63, 3.8) is 0 Å². The van der Waals surface area contributed by atoms with Gasteiger partial charge in [0, 0.05) is 31.7 Å². The van der Waals surface area contributed by atoms with Gasteiger partial charge in [-0.15, -0.1) is 0 Å². The van der Waals surface area contributed by atoms with Gasteiger partial charge >= 0.3 is 6.18 Å². The van der Waals surface area contributed by atoms with E-state index in [-0.39, 0.29) is 18.0 Å². The Morgan fingerprint density at radius 3 is 2.26 bits per heavy atom. The fourth-order valence-electron chi connectivity index (χ4n) is 3.02. The first-order valence-electron chi connectivity index (χ1n) is 7.21. The molecule has 2 fully saturated rings. The van der Waals surface area contributed by atoms with E-state index in [9.17, 15) is 13.2 Å². The molecule has 0 aromatic rings. The number of rotatable bonds is 3. The standard InChI is InChI=1S/C14H25F3N2/c1-13(2,3)12-8-18-11(10-4-5-10)9-19(12)7-6-14(15,16)17/h10-12,18H,4-9H2,1-3H3. The molecule has 0 spiro atoms. The predicted molar refractivity (Wildman–Crippen MR) is 70.0 cm³/mol. The van der Waals surface area contributed by atoms with Crippen molar-refractivity contribution in [3.05, 3.63) is 0 Å². The van der Waals surface area contributed by atoms with Crippen LogP contribution in [0, 0.1) is 11.3 Å². The molecule has 0 aromatic heterocycles. The molecule has 0 aromatic carbocycles. The second-order valence-corrected chi connectivity index (χ2v) is 7.09. The number of hydrogen-bond acceptors (Lipinski definition) is 2. The molecular formula is C14H25F3N2. The van der Waals surface area contributed by atoms with Crippen LogP contribution in [0.5, 0.6) is 0 Å². The molecule has 2 rings (SSSR count). The van der Waals surface area contributed by atoms with E-state index >= 15 is 0 Å². The molecule has 112 valence electrons. The van der Waals surface area contributed by atoms with Crippen molar-refractivity contribution < 1.29 is 13.2 Å². The van der Waals surface area contributed by atoms with E-state index in [2.05, 4.69) is 31.0 Å². The average Bonchev–Trinajstić information content (AvgIpc) is 3.07. The summed E-state index contributed by atoms with van der Waals surface area (Å²) in [6.07, 6.45) is -2.30. The summed E-state index contributed by atoms with van der Waals surface area (Å²) in [7, 11) is 0. The molecule has 1 heterocycles. The lowest BCUT2D eigenvalue weighted by Crippen LogP contribution is -2.61. The van der Waals surface area contributed by atoms with Crippen LogP contribution < -0.4 is 5.32 Å². The summed E-state index contributed by atoms with van der Waals surface area (Å²) in [5.41, 5.74) is 0.00706. The first kappa shape index (κ1) is 15.1. The zero-order valence-electron chi connectivity index (χ0n) is 12.1. The van der Waals surface area contributed by atoms with Crippen LogP contribution in [0.1, 0.15) is 40.0 Å². The van der Waals surface area contributed by atoms with Gasteiger partial charge in [-0.25, -0.2) is 0 Å². The van der Waals surface area contributed by atoms with E-state index in [1.54, 1.807) is 0 Å². The second kappa shape index (κ2) is 5.24. The lowest BCUT2D eigenvalue weighted by atomic mass is 9.83. The smallest absolute Gasteiger partial charge is 0.311 e. The fourth-order valence-corrected chi connectivity index (χ4v) is 3.02. The largest absolute Gasteiger partial charge is 0.390 e. The molecule has 0 amide bonds. The minimum Gasteiger partial charge on any atom is -0.311 e. The maximum atomic E-state index is 12.5. The van der Waals surface area contributed by atoms with Gasteiger partial charge in [-0.3, -0.25) is 4.90 Å². The van der Waals surface area contributed by atoms with E-state index in [1.165, 1.54) is 12.8 Å². The van der Waals surface area contributed by atoms with E-state index < -0.39 is 12.6 Å². The van der Waals surface area contributed by atoms with Gasteiger partial charge in [-0.2, -0.15) is 13.2 Å². The van der Waals surface area contributed by atoms with Crippen molar-refractivity contribution in [2.75, 3.05) is 19.6 Å². The summed E-state index contributed by atoms with van der Waals surface area (Å²) in [6.45, 7) is 8.04. The Hall–Kier alpha value is -0.290. The van der Waals surface area contributed by atoms with Gasteiger partial charge in [-0.05, 0) is 24.2 Å². The molecule has 0 radical (unpaired) electrons. The SMILES string of the molecule is CC(C)(C)C1CNC(C2CC2)CN1CCC(F)(F)F. The van der Waals surface area contributed by atoms with Crippen molar-refractivity contribution in [1.29, 1.82) is 0 Å². The normalized spacial score (nSPS) is 30.6. The molecule has 0 bridgehead atoms. The highest BCUT2D eigenvalue weighted by Crippen LogP contribution is 2.36. The third-order valence-electron chi connectivity index (χ3n) is 4.32. The van der Waals surface area contributed by atoms with E-state index in [0.29, 0.717) is 12.0 Å². The van der Waals surface area contributed by atoms with Crippen molar-refractivity contribution in [2.24, 2.45) is 11.3 Å². The van der Waals surface area contributed by atoms with Gasteiger partial charge in [0.05, 0.1) is 6.42 Å². The minimum atomic E-state index is -4.05. The first-order chi connectivity index (χ1) is 8.67. The highest BCUT2D eigenvalue weighted by Gasteiger charge is 2.41. The van der Waals surface area contributed by atoms with Crippen molar-refractivity contribution >= 4 is 0 Å². The van der Waals surface area contributed by atoms with Gasteiger partial charge in [0.15, 0.2) is 0 Å². The number of nitrogens with zero attached hydrogens (tertiary/aromatic N) is 1. The number of nitrogens with one attached hydrogen (secondary N) is 1. The van der Waals surface area contributed by atoms with Gasteiger partial charge in [-0.1, -0.05) is 20.8 Å². The minimum absolute atomic E-state index is 0.00706. The Balaban J connectivity index is 1.98. The molecule has 1 aliphatic carbocycles. The van der Waals surface area contributed by atoms with Crippen LogP contribution in [0.2, 0.25) is 0 Å². The zero-order valence-corrected chi connectivity index (χ0v) is 12.1. The molecular weight excluding hydrogens is 253 g/mol. The summed E-state index contributed by atoms with van der Waals surface area (Å²) in [4.78, 5) is 2.06. The molecule has 2 aliphatic rings. The number of halogens is 3. The summed E-state index contributed by atoms with van der Waals surface area (Å²) in [5.74, 6) is 0.689. The van der Waals surface area contributed by atoms with Gasteiger partial charge in [0.1, 0.15) is 0 Å². The van der Waals surface area contributed by atoms with Crippen LogP contribution >= 0.6 is 0 Å². The predicted octanol–water partition coefficient (Wildman–Crippen LogP) is 3.04. The van der Waals surface area contributed by atoms with E-state index in [0.717, 1.165) is 13.1 Å². The first-order valence-corrected chi connectivity index (χ1v) is 7.21. The fraction of sp³-hybridized carbons (Fsp3) is 1.00. The summed E-state index contributed by atoms with van der Waals surface area (Å²) < 4.78 is 37.4. The average molecular weight is 278 g/mol. The van der Waals surface area contributed by atoms with Gasteiger partial charge in [0.25, 0.3) is 0 Å². The third kappa shape index (κ3) is 4.35. The van der Waals surface area contributed by atoms with Gasteiger partial charge in [0.2, 0.25) is 0 Å². The number of hydrogen-bond donors (Lipinski definition) is 1. The van der Waals surface area contributed by atoms with Crippen LogP contribution in [0.25, 0.3) is 0 Å². The summed E-state index contributed by atoms with van der Waals surface area (Å²) >= 11 is 0. The Kier molecular flexibility index (Phi) is 4.17. The summed E-state index contributed by atoms with van der Waals surface area (Å²) in [5, 5.41) is 3.54. The molecule has 1 aliphatic heterocycles. The zero-order chi connectivity index (χ0) is 14.3. The van der Waals surface area contributed by atoms with Crippen LogP contribution in [0.3, 0.4) is 0 Å². The van der Waals surface area contributed by atoms with Crippen LogP contribution in [0.15, 0.2) is 0 Å². The highest BCUT2D eigenvalue weighted by atomic mass is 19.4. The maximum absolute atomic E-state index is 12.5. The van der Waals surface area contributed by atoms with Crippen molar-refractivity contribution in [3.8, 4) is 0 Å². The Morgan fingerprint density at radius 2 is 1.79 bits per heavy atom. The lowest BCUT2D eigenvalue weighted by Gasteiger charge is -2.46. The van der Waals surface area contributed by atoms with Crippen LogP contribution in [-0.2, 0) is 0 Å². The Labute approximate surface area is 113 Å². The van der Waals surface area contributed by atoms with E-state index in [4.69, 9.17) is 0 Å². The molecule has 1 saturated heterocycles. The molecule has 2 atom stereocenters. The highest BCUT2D eigenvalue weighted by molar-refractivity contribution is 4.97. The van der Waals surface area contributed by atoms with Crippen molar-refractivity contribution in [1.82, 2.24) is 10.2 Å². The molecule has 1 N–H and O–H groups in total. The van der Waals surface area contributed by atoms with Crippen LogP contribution in [0.4, 0.5) is 13.2 Å². The molecule has 2 unspecified atom stereocenters. The monoisotopic (exact) mass is 278 g/mol. The van der Waals surface area contributed by atoms with Crippen molar-refractivity contribution in [2.45, 2.75) is 58.3 Å². The van der Waals surface area contributed by atoms with Crippen LogP contribution in [-0.4, -0.2) is 42.8 Å². The number of piperazine rings is 1. The maximum Gasteiger partial charge on any atom is 0.390 e. The molecule has 1 saturated carbocycles. The Bertz CT molecular complexity index is 305. The summed E-state index contributed by atoms with van der Waals surface area (Å²) in [6, 6.07) is 0.580.